The maximum Gasteiger partial charge on any atom is 0.164 e. The van der Waals surface area contributed by atoms with Crippen molar-refractivity contribution < 1.29 is 8.91 Å². The van der Waals surface area contributed by atoms with Crippen molar-refractivity contribution in [3.05, 3.63) is 47.7 Å². The molecule has 5 heteroatoms. The molecule has 1 aromatic carbocycles. The number of H-pyrrole nitrogens is 1. The number of benzene rings is 1. The van der Waals surface area contributed by atoms with Crippen molar-refractivity contribution in [2.24, 2.45) is 0 Å². The summed E-state index contributed by atoms with van der Waals surface area (Å²) >= 11 is 0. The smallest absolute Gasteiger partial charge is 0.164 e. The van der Waals surface area contributed by atoms with E-state index in [4.69, 9.17) is 10.3 Å². The Morgan fingerprint density at radius 3 is 3.06 bits per heavy atom. The van der Waals surface area contributed by atoms with Crippen molar-refractivity contribution >= 4 is 16.6 Å². The van der Waals surface area contributed by atoms with Gasteiger partial charge in [0.25, 0.3) is 0 Å². The summed E-state index contributed by atoms with van der Waals surface area (Å²) in [5.41, 5.74) is 7.99. The number of nitrogens with zero attached hydrogens (tertiary/aromatic N) is 1. The fourth-order valence-corrected chi connectivity index (χ4v) is 1.88. The normalized spacial score (nSPS) is 11.1. The molecule has 0 radical (unpaired) electrons. The van der Waals surface area contributed by atoms with Gasteiger partial charge in [-0.1, -0.05) is 5.16 Å². The van der Waals surface area contributed by atoms with Crippen LogP contribution in [0.2, 0.25) is 0 Å². The standard InChI is InChI=1S/C12H10FN3O/c13-8-1-2-9-7(5-15-11(9)4-8)3-12-10(14)6-16-17-12/h1-2,4-6,15H,3,14H2. The molecule has 0 saturated heterocycles. The van der Waals surface area contributed by atoms with Crippen LogP contribution in [0.5, 0.6) is 0 Å². The summed E-state index contributed by atoms with van der Waals surface area (Å²) in [6, 6.07) is 4.63. The minimum Gasteiger partial charge on any atom is -0.395 e. The van der Waals surface area contributed by atoms with Gasteiger partial charge in [-0.3, -0.25) is 0 Å². The Morgan fingerprint density at radius 1 is 1.41 bits per heavy atom. The highest BCUT2D eigenvalue weighted by atomic mass is 19.1. The highest BCUT2D eigenvalue weighted by Crippen LogP contribution is 2.23. The molecule has 0 unspecified atom stereocenters. The molecule has 0 bridgehead atoms. The largest absolute Gasteiger partial charge is 0.395 e. The van der Waals surface area contributed by atoms with E-state index in [0.29, 0.717) is 17.9 Å². The summed E-state index contributed by atoms with van der Waals surface area (Å²) in [5.74, 6) is 0.361. The van der Waals surface area contributed by atoms with E-state index in [9.17, 15) is 4.39 Å². The van der Waals surface area contributed by atoms with E-state index in [0.717, 1.165) is 16.5 Å². The summed E-state index contributed by atoms with van der Waals surface area (Å²) in [6.07, 6.45) is 3.84. The number of nitrogen functional groups attached to an aromatic ring is 1. The quantitative estimate of drug-likeness (QED) is 0.711. The third-order valence-corrected chi connectivity index (χ3v) is 2.76. The van der Waals surface area contributed by atoms with E-state index in [1.807, 2.05) is 6.20 Å². The van der Waals surface area contributed by atoms with E-state index in [-0.39, 0.29) is 5.82 Å². The van der Waals surface area contributed by atoms with Crippen molar-refractivity contribution in [2.45, 2.75) is 6.42 Å². The zero-order chi connectivity index (χ0) is 11.8. The summed E-state index contributed by atoms with van der Waals surface area (Å²) in [5, 5.41) is 4.59. The second kappa shape index (κ2) is 3.62. The number of aromatic amines is 1. The monoisotopic (exact) mass is 231 g/mol. The Bertz CT molecular complexity index is 671. The fourth-order valence-electron chi connectivity index (χ4n) is 1.88. The minimum atomic E-state index is -0.259. The topological polar surface area (TPSA) is 67.8 Å². The van der Waals surface area contributed by atoms with Gasteiger partial charge in [-0.25, -0.2) is 4.39 Å². The first kappa shape index (κ1) is 9.89. The lowest BCUT2D eigenvalue weighted by molar-refractivity contribution is 0.390. The van der Waals surface area contributed by atoms with Crippen LogP contribution in [0.4, 0.5) is 10.1 Å². The van der Waals surface area contributed by atoms with Crippen molar-refractivity contribution in [1.29, 1.82) is 0 Å². The van der Waals surface area contributed by atoms with Gasteiger partial charge < -0.3 is 15.2 Å². The molecule has 0 spiro atoms. The van der Waals surface area contributed by atoms with Gasteiger partial charge in [-0.2, -0.15) is 0 Å². The molecule has 0 saturated carbocycles. The molecule has 0 amide bonds. The van der Waals surface area contributed by atoms with Gasteiger partial charge in [0, 0.05) is 23.5 Å². The van der Waals surface area contributed by atoms with Crippen LogP contribution in [0.3, 0.4) is 0 Å². The maximum absolute atomic E-state index is 13.0. The molecule has 3 aromatic rings. The predicted molar refractivity (Wildman–Crippen MR) is 62.0 cm³/mol. The van der Waals surface area contributed by atoms with Crippen molar-refractivity contribution in [3.63, 3.8) is 0 Å². The lowest BCUT2D eigenvalue weighted by Crippen LogP contribution is -1.90. The Kier molecular flexibility index (Phi) is 2.11. The lowest BCUT2D eigenvalue weighted by Gasteiger charge is -1.97. The molecular weight excluding hydrogens is 221 g/mol. The maximum atomic E-state index is 13.0. The molecule has 3 N–H and O–H groups in total. The van der Waals surface area contributed by atoms with Crippen LogP contribution >= 0.6 is 0 Å². The molecule has 0 fully saturated rings. The minimum absolute atomic E-state index is 0.259. The van der Waals surface area contributed by atoms with Gasteiger partial charge in [-0.15, -0.1) is 0 Å². The van der Waals surface area contributed by atoms with Crippen LogP contribution in [-0.4, -0.2) is 10.1 Å². The van der Waals surface area contributed by atoms with E-state index in [1.165, 1.54) is 18.3 Å². The van der Waals surface area contributed by atoms with E-state index in [2.05, 4.69) is 10.1 Å². The Labute approximate surface area is 96.2 Å². The average molecular weight is 231 g/mol. The number of nitrogens with two attached hydrogens (primary N) is 1. The van der Waals surface area contributed by atoms with Crippen molar-refractivity contribution in [1.82, 2.24) is 10.1 Å². The Balaban J connectivity index is 2.04. The van der Waals surface area contributed by atoms with Gasteiger partial charge in [-0.05, 0) is 23.8 Å². The van der Waals surface area contributed by atoms with E-state index < -0.39 is 0 Å². The zero-order valence-electron chi connectivity index (χ0n) is 8.90. The zero-order valence-corrected chi connectivity index (χ0v) is 8.90. The van der Waals surface area contributed by atoms with Crippen molar-refractivity contribution in [2.75, 3.05) is 5.73 Å². The first-order chi connectivity index (χ1) is 8.24. The molecule has 0 aliphatic heterocycles. The molecule has 0 atom stereocenters. The second-order valence-corrected chi connectivity index (χ2v) is 3.88. The SMILES string of the molecule is Nc1cnoc1Cc1c[nH]c2cc(F)ccc12. The second-order valence-electron chi connectivity index (χ2n) is 3.88. The van der Waals surface area contributed by atoms with E-state index >= 15 is 0 Å². The van der Waals surface area contributed by atoms with E-state index in [1.54, 1.807) is 6.07 Å². The number of rotatable bonds is 2. The van der Waals surface area contributed by atoms with Gasteiger partial charge in [0.1, 0.15) is 5.82 Å². The molecule has 2 aromatic heterocycles. The number of nitrogens with one attached hydrogen (secondary N) is 1. The summed E-state index contributed by atoms with van der Waals surface area (Å²) < 4.78 is 18.1. The number of hydrogen-bond acceptors (Lipinski definition) is 3. The predicted octanol–water partition coefficient (Wildman–Crippen LogP) is 2.47. The summed E-state index contributed by atoms with van der Waals surface area (Å²) in [6.45, 7) is 0. The molecular formula is C12H10FN3O. The van der Waals surface area contributed by atoms with Crippen molar-refractivity contribution in [3.8, 4) is 0 Å². The molecule has 4 nitrogen and oxygen atoms in total. The summed E-state index contributed by atoms with van der Waals surface area (Å²) in [4.78, 5) is 3.02. The number of aromatic nitrogens is 2. The van der Waals surface area contributed by atoms with Gasteiger partial charge in [0.05, 0.1) is 11.9 Å². The fraction of sp³-hybridized carbons (Fsp3) is 0.0833. The van der Waals surface area contributed by atoms with Crippen LogP contribution in [0.15, 0.2) is 35.1 Å². The third-order valence-electron chi connectivity index (χ3n) is 2.76. The molecule has 0 aliphatic rings. The molecule has 17 heavy (non-hydrogen) atoms. The third kappa shape index (κ3) is 1.65. The highest BCUT2D eigenvalue weighted by molar-refractivity contribution is 5.83. The average Bonchev–Trinajstić information content (AvgIpc) is 2.87. The van der Waals surface area contributed by atoms with Crippen LogP contribution in [-0.2, 0) is 6.42 Å². The molecule has 0 aliphatic carbocycles. The van der Waals surface area contributed by atoms with Crippen LogP contribution < -0.4 is 5.73 Å². The molecule has 3 rings (SSSR count). The first-order valence-electron chi connectivity index (χ1n) is 5.18. The first-order valence-corrected chi connectivity index (χ1v) is 5.18. The molecule has 2 heterocycles. The molecule has 86 valence electrons. The number of hydrogen-bond donors (Lipinski definition) is 2. The number of fused-ring (bicyclic) bond motifs is 1. The Hall–Kier alpha value is -2.30. The summed E-state index contributed by atoms with van der Waals surface area (Å²) in [7, 11) is 0. The highest BCUT2D eigenvalue weighted by Gasteiger charge is 2.10. The van der Waals surface area contributed by atoms with Crippen LogP contribution in [0, 0.1) is 5.82 Å². The van der Waals surface area contributed by atoms with Crippen LogP contribution in [0.1, 0.15) is 11.3 Å². The van der Waals surface area contributed by atoms with Crippen LogP contribution in [0.25, 0.3) is 10.9 Å². The van der Waals surface area contributed by atoms with Gasteiger partial charge in [0.2, 0.25) is 0 Å². The number of anilines is 1. The van der Waals surface area contributed by atoms with Gasteiger partial charge in [0.15, 0.2) is 5.76 Å². The lowest BCUT2D eigenvalue weighted by atomic mass is 10.1. The number of halogens is 1. The van der Waals surface area contributed by atoms with Gasteiger partial charge >= 0.3 is 0 Å². The Morgan fingerprint density at radius 2 is 2.29 bits per heavy atom.